The van der Waals surface area contributed by atoms with Gasteiger partial charge in [0.25, 0.3) is 0 Å². The van der Waals surface area contributed by atoms with Gasteiger partial charge in [0, 0.05) is 64.5 Å². The second kappa shape index (κ2) is 16.1. The number of pyridine rings is 1. The summed E-state index contributed by atoms with van der Waals surface area (Å²) in [7, 11) is 0. The molecule has 2 unspecified atom stereocenters. The molecule has 2 aliphatic rings. The number of thiophene rings is 1. The first-order chi connectivity index (χ1) is 23.7. The molecule has 1 aliphatic carbocycles. The number of aromatic nitrogens is 1. The number of carbonyl (C=O) groups excluding carboxylic acids is 1. The van der Waals surface area contributed by atoms with E-state index in [0.717, 1.165) is 63.9 Å². The van der Waals surface area contributed by atoms with Gasteiger partial charge >= 0.3 is 0 Å². The molecule has 0 saturated carbocycles. The molecule has 6 rings (SSSR count). The second-order valence-corrected chi connectivity index (χ2v) is 16.6. The Morgan fingerprint density at radius 3 is 2.20 bits per heavy atom. The first-order valence-electron chi connectivity index (χ1n) is 18.2. The fourth-order valence-electron chi connectivity index (χ4n) is 6.53. The molecule has 3 heterocycles. The first-order valence-corrected chi connectivity index (χ1v) is 19.0. The number of hydrogen-bond donors (Lipinski definition) is 1. The van der Waals surface area contributed by atoms with Gasteiger partial charge in [-0.2, -0.15) is 0 Å². The smallest absolute Gasteiger partial charge is 0.164 e. The molecule has 6 heteroatoms. The number of ketones is 1. The number of ether oxygens (including phenoxy) is 1. The Hall–Kier alpha value is -3.31. The van der Waals surface area contributed by atoms with Gasteiger partial charge < -0.3 is 9.84 Å². The molecule has 0 bridgehead atoms. The van der Waals surface area contributed by atoms with Crippen LogP contribution in [0.3, 0.4) is 0 Å². The van der Waals surface area contributed by atoms with Crippen LogP contribution in [-0.2, 0) is 35.1 Å². The van der Waals surface area contributed by atoms with Crippen LogP contribution in [0, 0.1) is 29.7 Å². The zero-order valence-corrected chi connectivity index (χ0v) is 35.2. The molecule has 1 aliphatic heterocycles. The normalized spacial score (nSPS) is 17.4. The van der Waals surface area contributed by atoms with E-state index in [-0.39, 0.29) is 59.9 Å². The summed E-state index contributed by atoms with van der Waals surface area (Å²) >= 11 is 1.74. The van der Waals surface area contributed by atoms with Crippen LogP contribution in [0.4, 0.5) is 0 Å². The molecule has 0 saturated heterocycles. The average molecular weight is 881 g/mol. The van der Waals surface area contributed by atoms with Crippen molar-refractivity contribution in [2.45, 2.75) is 106 Å². The number of nitrogens with zero attached hydrogens (tertiary/aromatic N) is 1. The van der Waals surface area contributed by atoms with Gasteiger partial charge in [0.1, 0.15) is 22.5 Å². The topological polar surface area (TPSA) is 59.4 Å². The van der Waals surface area contributed by atoms with Crippen LogP contribution >= 0.6 is 11.3 Å². The van der Waals surface area contributed by atoms with E-state index in [1.165, 1.54) is 21.9 Å². The molecule has 1 N–H and O–H groups in total. The Bertz CT molecular complexity index is 2000. The number of benzene rings is 2. The Balaban J connectivity index is 0.000000279. The van der Waals surface area contributed by atoms with Crippen molar-refractivity contribution >= 4 is 43.9 Å². The Labute approximate surface area is 323 Å². The van der Waals surface area contributed by atoms with Gasteiger partial charge in [-0.25, -0.2) is 0 Å². The summed E-state index contributed by atoms with van der Waals surface area (Å²) in [6, 6.07) is 18.9. The SMILES string of the molecule is CCC(C)(CC)C(=O)/C=C(\O)C(C)(CC)CC.Cc1cc2c(C3=CC4C=CC=CC4O3)cc(-c3[c-]c4ccccc4c(C(C)(C)C)c3)nc2s1.[Ir]. The van der Waals surface area contributed by atoms with E-state index in [1.54, 1.807) is 11.3 Å². The van der Waals surface area contributed by atoms with Crippen LogP contribution in [0.15, 0.2) is 84.7 Å². The third kappa shape index (κ3) is 8.51. The molecule has 51 heavy (non-hydrogen) atoms. The summed E-state index contributed by atoms with van der Waals surface area (Å²) in [4.78, 5) is 19.6. The summed E-state index contributed by atoms with van der Waals surface area (Å²) in [6.45, 7) is 21.0. The van der Waals surface area contributed by atoms with E-state index >= 15 is 0 Å². The molecule has 0 spiro atoms. The molecule has 4 nitrogen and oxygen atoms in total. The third-order valence-electron chi connectivity index (χ3n) is 11.1. The van der Waals surface area contributed by atoms with Crippen LogP contribution < -0.4 is 0 Å². The number of aliphatic hydroxyl groups excluding tert-OH is 1. The fraction of sp³-hybridized carbons (Fsp3) is 0.422. The van der Waals surface area contributed by atoms with Crippen molar-refractivity contribution in [1.29, 1.82) is 0 Å². The van der Waals surface area contributed by atoms with Crippen molar-refractivity contribution in [3.8, 4) is 11.3 Å². The molecule has 2 aromatic carbocycles. The van der Waals surface area contributed by atoms with Crippen LogP contribution in [0.1, 0.15) is 104 Å². The molecule has 0 amide bonds. The number of allylic oxidation sites excluding steroid dienone is 4. The first kappa shape index (κ1) is 40.5. The summed E-state index contributed by atoms with van der Waals surface area (Å²) in [5, 5.41) is 13.7. The predicted octanol–water partition coefficient (Wildman–Crippen LogP) is 12.7. The number of aryl methyl sites for hydroxylation is 1. The summed E-state index contributed by atoms with van der Waals surface area (Å²) in [5.74, 6) is 1.52. The van der Waals surface area contributed by atoms with Gasteiger partial charge in [-0.15, -0.1) is 40.5 Å². The third-order valence-corrected chi connectivity index (χ3v) is 12.0. The molecule has 4 aromatic rings. The maximum Gasteiger partial charge on any atom is 0.164 e. The number of carbonyl (C=O) groups is 1. The van der Waals surface area contributed by atoms with E-state index in [0.29, 0.717) is 0 Å². The Morgan fingerprint density at radius 2 is 1.57 bits per heavy atom. The zero-order chi connectivity index (χ0) is 36.4. The Kier molecular flexibility index (Phi) is 12.8. The average Bonchev–Trinajstić information content (AvgIpc) is 3.72. The van der Waals surface area contributed by atoms with E-state index in [2.05, 4.69) is 107 Å². The minimum Gasteiger partial charge on any atom is -0.512 e. The standard InChI is InChI=1S/C30H26NOS.C15H28O2.Ir/c1-18-13-24-23(28-16-20-10-6-8-12-27(20)32-28)17-26(31-29(24)33-18)21-14-19-9-5-7-11-22(19)25(15-21)30(2,3)4;1-7-14(5,8-2)12(16)11-13(17)15(6,9-3)10-4;/h5-13,15-17,20,27H,1-4H3;11,16H,7-10H2,1-6H3;/q-1;;/b;12-11-;. The quantitative estimate of drug-likeness (QED) is 0.103. The Morgan fingerprint density at radius 1 is 0.922 bits per heavy atom. The van der Waals surface area contributed by atoms with Crippen LogP contribution in [-0.4, -0.2) is 22.0 Å². The van der Waals surface area contributed by atoms with Crippen molar-refractivity contribution in [1.82, 2.24) is 4.98 Å². The van der Waals surface area contributed by atoms with Crippen molar-refractivity contribution in [3.63, 3.8) is 0 Å². The van der Waals surface area contributed by atoms with Crippen molar-refractivity contribution in [3.05, 3.63) is 107 Å². The maximum absolute atomic E-state index is 12.2. The van der Waals surface area contributed by atoms with E-state index < -0.39 is 0 Å². The number of aliphatic hydroxyl groups is 1. The van der Waals surface area contributed by atoms with Crippen molar-refractivity contribution < 1.29 is 34.7 Å². The zero-order valence-electron chi connectivity index (χ0n) is 31.9. The predicted molar refractivity (Wildman–Crippen MR) is 213 cm³/mol. The van der Waals surface area contributed by atoms with Gasteiger partial charge in [-0.05, 0) is 56.2 Å². The van der Waals surface area contributed by atoms with E-state index in [4.69, 9.17) is 9.72 Å². The minimum absolute atomic E-state index is 0. The van der Waals surface area contributed by atoms with Crippen LogP contribution in [0.2, 0.25) is 0 Å². The number of rotatable bonds is 9. The fourth-order valence-corrected chi connectivity index (χ4v) is 7.44. The van der Waals surface area contributed by atoms with Crippen molar-refractivity contribution in [2.24, 2.45) is 16.7 Å². The molecule has 0 fully saturated rings. The molecular formula is C45H54IrNO3S-. The number of fused-ring (bicyclic) bond motifs is 3. The van der Waals surface area contributed by atoms with E-state index in [9.17, 15) is 9.90 Å². The molecule has 273 valence electrons. The minimum atomic E-state index is -0.337. The second-order valence-electron chi connectivity index (χ2n) is 15.4. The van der Waals surface area contributed by atoms with Gasteiger partial charge in [-0.3, -0.25) is 9.78 Å². The van der Waals surface area contributed by atoms with Crippen LogP contribution in [0.5, 0.6) is 0 Å². The molecule has 2 aromatic heterocycles. The summed E-state index contributed by atoms with van der Waals surface area (Å²) < 4.78 is 6.40. The molecule has 1 radical (unpaired) electrons. The maximum atomic E-state index is 12.2. The monoisotopic (exact) mass is 881 g/mol. The number of hydrogen-bond acceptors (Lipinski definition) is 5. The van der Waals surface area contributed by atoms with Crippen LogP contribution in [0.25, 0.3) is 38.0 Å². The van der Waals surface area contributed by atoms with Gasteiger partial charge in [0.05, 0.1) is 0 Å². The van der Waals surface area contributed by atoms with Gasteiger partial charge in [0.15, 0.2) is 5.78 Å². The van der Waals surface area contributed by atoms with E-state index in [1.807, 2.05) is 41.5 Å². The summed E-state index contributed by atoms with van der Waals surface area (Å²) in [5.41, 5.74) is 3.82. The van der Waals surface area contributed by atoms with Crippen molar-refractivity contribution in [2.75, 3.05) is 0 Å². The molecule has 2 atom stereocenters. The van der Waals surface area contributed by atoms with Gasteiger partial charge in [-0.1, -0.05) is 116 Å². The largest absolute Gasteiger partial charge is 0.512 e. The summed E-state index contributed by atoms with van der Waals surface area (Å²) in [6.07, 6.45) is 15.6. The molecular weight excluding hydrogens is 827 g/mol. The van der Waals surface area contributed by atoms with Gasteiger partial charge in [0.2, 0.25) is 0 Å².